The van der Waals surface area contributed by atoms with Crippen LogP contribution >= 0.6 is 0 Å². The van der Waals surface area contributed by atoms with E-state index < -0.39 is 5.60 Å². The van der Waals surface area contributed by atoms with Gasteiger partial charge in [-0.05, 0) is 32.0 Å². The molecule has 2 rings (SSSR count). The van der Waals surface area contributed by atoms with Crippen molar-refractivity contribution in [3.8, 4) is 5.75 Å². The summed E-state index contributed by atoms with van der Waals surface area (Å²) in [4.78, 5) is 23.6. The summed E-state index contributed by atoms with van der Waals surface area (Å²) in [5, 5.41) is 14.0. The number of fused-ring (bicyclic) bond motifs is 1. The Bertz CT molecular complexity index is 540. The first-order valence-electron chi connectivity index (χ1n) is 6.43. The van der Waals surface area contributed by atoms with Gasteiger partial charge in [-0.15, -0.1) is 0 Å². The zero-order valence-corrected chi connectivity index (χ0v) is 11.5. The minimum absolute atomic E-state index is 0.120. The molecule has 0 radical (unpaired) electrons. The molecule has 1 heterocycles. The van der Waals surface area contributed by atoms with Crippen molar-refractivity contribution in [2.75, 3.05) is 18.5 Å². The molecule has 0 saturated carbocycles. The standard InChI is InChI=1S/C14H18N2O4/c1-14(2)8-12(18)16-10-7-9(3-4-11(10)20-14)13(19)15-5-6-17/h3-4,7,17H,5-6,8H2,1-2H3,(H,15,19)(H,16,18). The average Bonchev–Trinajstić information content (AvgIpc) is 2.47. The van der Waals surface area contributed by atoms with Gasteiger partial charge in [-0.25, -0.2) is 0 Å². The summed E-state index contributed by atoms with van der Waals surface area (Å²) in [5.74, 6) is 0.0841. The van der Waals surface area contributed by atoms with Crippen LogP contribution in [0.5, 0.6) is 5.75 Å². The smallest absolute Gasteiger partial charge is 0.251 e. The quantitative estimate of drug-likeness (QED) is 0.767. The highest BCUT2D eigenvalue weighted by atomic mass is 16.5. The molecule has 0 fully saturated rings. The van der Waals surface area contributed by atoms with E-state index in [1.807, 2.05) is 13.8 Å². The molecule has 6 heteroatoms. The maximum Gasteiger partial charge on any atom is 0.251 e. The fraction of sp³-hybridized carbons (Fsp3) is 0.429. The van der Waals surface area contributed by atoms with Gasteiger partial charge in [0.15, 0.2) is 0 Å². The number of ether oxygens (including phenoxy) is 1. The van der Waals surface area contributed by atoms with Crippen LogP contribution in [0.25, 0.3) is 0 Å². The van der Waals surface area contributed by atoms with Crippen LogP contribution in [-0.2, 0) is 4.79 Å². The lowest BCUT2D eigenvalue weighted by molar-refractivity contribution is -0.118. The molecule has 1 aliphatic heterocycles. The number of hydrogen-bond donors (Lipinski definition) is 3. The molecule has 0 aliphatic carbocycles. The zero-order valence-electron chi connectivity index (χ0n) is 11.5. The lowest BCUT2D eigenvalue weighted by Gasteiger charge is -2.23. The molecule has 0 bridgehead atoms. The fourth-order valence-corrected chi connectivity index (χ4v) is 2.04. The highest BCUT2D eigenvalue weighted by Crippen LogP contribution is 2.33. The molecule has 6 nitrogen and oxygen atoms in total. The first-order chi connectivity index (χ1) is 9.41. The average molecular weight is 278 g/mol. The third-order valence-corrected chi connectivity index (χ3v) is 2.89. The molecule has 0 spiro atoms. The molecule has 1 aromatic carbocycles. The number of benzene rings is 1. The van der Waals surface area contributed by atoms with Crippen LogP contribution < -0.4 is 15.4 Å². The summed E-state index contributed by atoms with van der Waals surface area (Å²) in [6.07, 6.45) is 0.244. The number of anilines is 1. The van der Waals surface area contributed by atoms with Gasteiger partial charge in [-0.3, -0.25) is 9.59 Å². The van der Waals surface area contributed by atoms with Crippen molar-refractivity contribution in [3.05, 3.63) is 23.8 Å². The van der Waals surface area contributed by atoms with Crippen LogP contribution in [0.3, 0.4) is 0 Å². The van der Waals surface area contributed by atoms with Crippen LogP contribution in [0, 0.1) is 0 Å². The van der Waals surface area contributed by atoms with Crippen LogP contribution in [-0.4, -0.2) is 35.7 Å². The second-order valence-corrected chi connectivity index (χ2v) is 5.28. The van der Waals surface area contributed by atoms with Crippen molar-refractivity contribution in [1.29, 1.82) is 0 Å². The summed E-state index contributed by atoms with van der Waals surface area (Å²) in [6.45, 7) is 3.74. The predicted molar refractivity (Wildman–Crippen MR) is 73.8 cm³/mol. The van der Waals surface area contributed by atoms with E-state index in [0.717, 1.165) is 0 Å². The third-order valence-electron chi connectivity index (χ3n) is 2.89. The van der Waals surface area contributed by atoms with Crippen molar-refractivity contribution in [2.45, 2.75) is 25.9 Å². The van der Waals surface area contributed by atoms with E-state index in [4.69, 9.17) is 9.84 Å². The fourth-order valence-electron chi connectivity index (χ4n) is 2.04. The van der Waals surface area contributed by atoms with E-state index in [9.17, 15) is 9.59 Å². The molecule has 108 valence electrons. The number of aliphatic hydroxyl groups excluding tert-OH is 1. The number of amides is 2. The maximum atomic E-state index is 11.8. The predicted octanol–water partition coefficient (Wildman–Crippen LogP) is 0.908. The van der Waals surface area contributed by atoms with Gasteiger partial charge in [-0.1, -0.05) is 0 Å². The number of nitrogens with one attached hydrogen (secondary N) is 2. The van der Waals surface area contributed by atoms with Gasteiger partial charge < -0.3 is 20.5 Å². The minimum atomic E-state index is -0.587. The van der Waals surface area contributed by atoms with Crippen LogP contribution in [0.15, 0.2) is 18.2 Å². The van der Waals surface area contributed by atoms with E-state index in [2.05, 4.69) is 10.6 Å². The van der Waals surface area contributed by atoms with Crippen LogP contribution in [0.2, 0.25) is 0 Å². The second kappa shape index (κ2) is 5.50. The highest BCUT2D eigenvalue weighted by molar-refractivity contribution is 5.99. The Labute approximate surface area is 117 Å². The van der Waals surface area contributed by atoms with Crippen LogP contribution in [0.4, 0.5) is 5.69 Å². The highest BCUT2D eigenvalue weighted by Gasteiger charge is 2.29. The Morgan fingerprint density at radius 3 is 2.95 bits per heavy atom. The Morgan fingerprint density at radius 2 is 2.25 bits per heavy atom. The molecule has 20 heavy (non-hydrogen) atoms. The monoisotopic (exact) mass is 278 g/mol. The van der Waals surface area contributed by atoms with E-state index in [-0.39, 0.29) is 31.4 Å². The van der Waals surface area contributed by atoms with Crippen molar-refractivity contribution in [1.82, 2.24) is 5.32 Å². The largest absolute Gasteiger partial charge is 0.485 e. The molecular weight excluding hydrogens is 260 g/mol. The minimum Gasteiger partial charge on any atom is -0.485 e. The van der Waals surface area contributed by atoms with Gasteiger partial charge in [0.05, 0.1) is 18.7 Å². The zero-order chi connectivity index (χ0) is 14.8. The van der Waals surface area contributed by atoms with Crippen molar-refractivity contribution in [3.63, 3.8) is 0 Å². The normalized spacial score (nSPS) is 16.4. The third kappa shape index (κ3) is 3.27. The molecule has 1 aromatic rings. The first kappa shape index (κ1) is 14.3. The number of rotatable bonds is 3. The summed E-state index contributed by atoms with van der Waals surface area (Å²) in [5.41, 5.74) is 0.300. The summed E-state index contributed by atoms with van der Waals surface area (Å²) >= 11 is 0. The Balaban J connectivity index is 2.27. The number of carbonyl (C=O) groups excluding carboxylic acids is 2. The van der Waals surface area contributed by atoms with Gasteiger partial charge in [0.1, 0.15) is 11.4 Å². The second-order valence-electron chi connectivity index (χ2n) is 5.28. The Kier molecular flexibility index (Phi) is 3.94. The Morgan fingerprint density at radius 1 is 1.50 bits per heavy atom. The number of hydrogen-bond acceptors (Lipinski definition) is 4. The Hall–Kier alpha value is -2.08. The van der Waals surface area contributed by atoms with E-state index in [1.165, 1.54) is 0 Å². The molecule has 2 amide bonds. The SMILES string of the molecule is CC1(C)CC(=O)Nc2cc(C(=O)NCCO)ccc2O1. The molecule has 3 N–H and O–H groups in total. The summed E-state index contributed by atoms with van der Waals surface area (Å²) in [6, 6.07) is 4.86. The van der Waals surface area contributed by atoms with Crippen molar-refractivity contribution >= 4 is 17.5 Å². The van der Waals surface area contributed by atoms with E-state index in [0.29, 0.717) is 17.0 Å². The molecule has 0 saturated heterocycles. The molecule has 0 aromatic heterocycles. The number of aliphatic hydroxyl groups is 1. The molecule has 0 unspecified atom stereocenters. The van der Waals surface area contributed by atoms with Gasteiger partial charge in [-0.2, -0.15) is 0 Å². The van der Waals surface area contributed by atoms with E-state index >= 15 is 0 Å². The van der Waals surface area contributed by atoms with Crippen molar-refractivity contribution < 1.29 is 19.4 Å². The maximum absolute atomic E-state index is 11.8. The van der Waals surface area contributed by atoms with Gasteiger partial charge in [0, 0.05) is 12.1 Å². The van der Waals surface area contributed by atoms with Gasteiger partial charge >= 0.3 is 0 Å². The summed E-state index contributed by atoms with van der Waals surface area (Å²) in [7, 11) is 0. The van der Waals surface area contributed by atoms with Crippen LogP contribution in [0.1, 0.15) is 30.6 Å². The molecular formula is C14H18N2O4. The first-order valence-corrected chi connectivity index (χ1v) is 6.43. The topological polar surface area (TPSA) is 87.7 Å². The lowest BCUT2D eigenvalue weighted by atomic mass is 10.1. The van der Waals surface area contributed by atoms with Gasteiger partial charge in [0.2, 0.25) is 5.91 Å². The van der Waals surface area contributed by atoms with E-state index in [1.54, 1.807) is 18.2 Å². The molecule has 0 atom stereocenters. The lowest BCUT2D eigenvalue weighted by Crippen LogP contribution is -2.30. The van der Waals surface area contributed by atoms with Crippen molar-refractivity contribution in [2.24, 2.45) is 0 Å². The number of carbonyl (C=O) groups is 2. The molecule has 1 aliphatic rings. The van der Waals surface area contributed by atoms with Gasteiger partial charge in [0.25, 0.3) is 5.91 Å². The summed E-state index contributed by atoms with van der Waals surface area (Å²) < 4.78 is 5.78.